The van der Waals surface area contributed by atoms with Gasteiger partial charge in [0.15, 0.2) is 0 Å². The van der Waals surface area contributed by atoms with Gasteiger partial charge in [0.25, 0.3) is 0 Å². The van der Waals surface area contributed by atoms with Crippen LogP contribution < -0.4 is 0 Å². The van der Waals surface area contributed by atoms with Gasteiger partial charge < -0.3 is 9.47 Å². The minimum Gasteiger partial charge on any atom is -0.310 e. The highest BCUT2D eigenvalue weighted by Crippen LogP contribution is 2.45. The number of ether oxygens (including phenoxy) is 2. The molecule has 0 saturated heterocycles. The van der Waals surface area contributed by atoms with Crippen molar-refractivity contribution in [2.75, 3.05) is 0 Å². The molecule has 0 saturated carbocycles. The monoisotopic (exact) mass is 498 g/mol. The Morgan fingerprint density at radius 1 is 0.833 bits per heavy atom. The van der Waals surface area contributed by atoms with Crippen molar-refractivity contribution < 1.29 is 72.2 Å². The molecule has 2 N–H and O–H groups in total. The molecule has 30 heavy (non-hydrogen) atoms. The van der Waals surface area contributed by atoms with Crippen LogP contribution in [-0.2, 0) is 42.2 Å². The fraction of sp³-hybridized carbons (Fsp3) is 0.500. The standard InChI is InChI=1S/C12H10F8O8S2/c13-9(14,11(17,18)29-28-27-21)25-5-7-1-3-8(4-2-7)6-26-10(15,16)12(19,20)30(22,23)24/h1-4,21H,5-6H2,(H,22,23,24). The van der Waals surface area contributed by atoms with E-state index in [0.29, 0.717) is 0 Å². The van der Waals surface area contributed by atoms with Crippen LogP contribution in [0, 0.1) is 0 Å². The Kier molecular flexibility index (Phi) is 8.44. The molecule has 0 aromatic heterocycles. The first kappa shape index (κ1) is 26.8. The second-order valence-corrected chi connectivity index (χ2v) is 7.44. The fourth-order valence-electron chi connectivity index (χ4n) is 1.50. The van der Waals surface area contributed by atoms with E-state index >= 15 is 0 Å². The van der Waals surface area contributed by atoms with Crippen LogP contribution in [0.4, 0.5) is 35.1 Å². The van der Waals surface area contributed by atoms with Crippen LogP contribution in [0.2, 0.25) is 0 Å². The molecule has 0 bridgehead atoms. The third kappa shape index (κ3) is 6.36. The molecule has 1 rings (SSSR count). The van der Waals surface area contributed by atoms with Crippen LogP contribution in [0.25, 0.3) is 0 Å². The van der Waals surface area contributed by atoms with Gasteiger partial charge in [-0.25, -0.2) is 5.26 Å². The van der Waals surface area contributed by atoms with E-state index in [1.807, 2.05) is 0 Å². The molecule has 0 aliphatic heterocycles. The lowest BCUT2D eigenvalue weighted by atomic mass is 10.1. The maximum Gasteiger partial charge on any atom is 0.459 e. The molecule has 0 spiro atoms. The summed E-state index contributed by atoms with van der Waals surface area (Å²) in [6, 6.07) is 3.53. The van der Waals surface area contributed by atoms with Crippen LogP contribution in [0.15, 0.2) is 24.3 Å². The van der Waals surface area contributed by atoms with E-state index in [1.165, 1.54) is 0 Å². The number of hydrogen-bond acceptors (Lipinski definition) is 8. The van der Waals surface area contributed by atoms with E-state index in [0.717, 1.165) is 24.3 Å². The first-order valence-corrected chi connectivity index (χ1v) is 9.15. The molecule has 0 heterocycles. The average molecular weight is 498 g/mol. The number of halogens is 8. The van der Waals surface area contributed by atoms with E-state index in [1.54, 1.807) is 0 Å². The van der Waals surface area contributed by atoms with E-state index in [9.17, 15) is 43.5 Å². The van der Waals surface area contributed by atoms with E-state index in [2.05, 4.69) is 18.8 Å². The zero-order chi connectivity index (χ0) is 23.4. The van der Waals surface area contributed by atoms with Crippen LogP contribution in [0.3, 0.4) is 0 Å². The molecule has 8 nitrogen and oxygen atoms in total. The minimum atomic E-state index is -6.50. The summed E-state index contributed by atoms with van der Waals surface area (Å²) in [6.07, 6.45) is -10.7. The highest BCUT2D eigenvalue weighted by molar-refractivity contribution is 7.95. The summed E-state index contributed by atoms with van der Waals surface area (Å²) in [5.41, 5.74) is -0.487. The Labute approximate surface area is 166 Å². The summed E-state index contributed by atoms with van der Waals surface area (Å²) < 4.78 is 144. The maximum absolute atomic E-state index is 13.3. The van der Waals surface area contributed by atoms with Gasteiger partial charge in [0.05, 0.1) is 13.2 Å². The Balaban J connectivity index is 2.72. The van der Waals surface area contributed by atoms with E-state index in [-0.39, 0.29) is 11.1 Å². The van der Waals surface area contributed by atoms with Crippen molar-refractivity contribution in [2.24, 2.45) is 0 Å². The minimum absolute atomic E-state index is 0.200. The van der Waals surface area contributed by atoms with Crippen LogP contribution in [-0.4, -0.2) is 41.0 Å². The number of hydrogen-bond donors (Lipinski definition) is 2. The molecular formula is C12H10F8O8S2. The quantitative estimate of drug-likeness (QED) is 0.145. The molecule has 0 fully saturated rings. The Hall–Kier alpha value is -1.28. The molecule has 0 radical (unpaired) electrons. The SMILES string of the molecule is O=S(=O)(O)C(F)(F)C(F)(F)OCc1ccc(COC(F)(F)C(F)(F)SOOO)cc1. The van der Waals surface area contributed by atoms with Gasteiger partial charge in [0.1, 0.15) is 12.0 Å². The Morgan fingerprint density at radius 2 is 1.23 bits per heavy atom. The second kappa shape index (κ2) is 9.47. The molecule has 18 heteroatoms. The number of alkyl halides is 8. The molecule has 0 amide bonds. The average Bonchev–Trinajstić information content (AvgIpc) is 2.62. The normalized spacial score (nSPS) is 14.2. The van der Waals surface area contributed by atoms with Gasteiger partial charge in [-0.1, -0.05) is 29.3 Å². The molecule has 0 aliphatic carbocycles. The van der Waals surface area contributed by atoms with Crippen LogP contribution in [0.5, 0.6) is 0 Å². The van der Waals surface area contributed by atoms with Crippen molar-refractivity contribution in [1.29, 1.82) is 0 Å². The van der Waals surface area contributed by atoms with Gasteiger partial charge in [-0.15, -0.1) is 4.33 Å². The lowest BCUT2D eigenvalue weighted by Crippen LogP contribution is -2.48. The van der Waals surface area contributed by atoms with Crippen molar-refractivity contribution in [3.8, 4) is 0 Å². The van der Waals surface area contributed by atoms with Crippen LogP contribution >= 0.6 is 12.0 Å². The lowest BCUT2D eigenvalue weighted by molar-refractivity contribution is -0.435. The van der Waals surface area contributed by atoms with Gasteiger partial charge in [-0.2, -0.15) is 43.5 Å². The molecule has 1 aromatic rings. The Morgan fingerprint density at radius 3 is 1.60 bits per heavy atom. The van der Waals surface area contributed by atoms with Gasteiger partial charge in [0, 0.05) is 0 Å². The topological polar surface area (TPSA) is 112 Å². The summed E-state index contributed by atoms with van der Waals surface area (Å²) in [5, 5.41) is -0.469. The summed E-state index contributed by atoms with van der Waals surface area (Å²) >= 11 is -1.25. The maximum atomic E-state index is 13.3. The highest BCUT2D eigenvalue weighted by Gasteiger charge is 2.67. The molecule has 174 valence electrons. The first-order chi connectivity index (χ1) is 13.5. The van der Waals surface area contributed by atoms with Crippen molar-refractivity contribution in [3.05, 3.63) is 35.4 Å². The molecule has 0 atom stereocenters. The van der Waals surface area contributed by atoms with Crippen molar-refractivity contribution in [3.63, 3.8) is 0 Å². The summed E-state index contributed by atoms with van der Waals surface area (Å²) in [6.45, 7) is -2.44. The van der Waals surface area contributed by atoms with E-state index < -0.39 is 58.1 Å². The summed E-state index contributed by atoms with van der Waals surface area (Å²) in [5.74, 6) is 0. The smallest absolute Gasteiger partial charge is 0.310 e. The zero-order valence-corrected chi connectivity index (χ0v) is 15.5. The number of rotatable bonds is 12. The van der Waals surface area contributed by atoms with Crippen molar-refractivity contribution >= 4 is 22.2 Å². The van der Waals surface area contributed by atoms with E-state index in [4.69, 9.17) is 9.81 Å². The predicted molar refractivity (Wildman–Crippen MR) is 79.7 cm³/mol. The summed E-state index contributed by atoms with van der Waals surface area (Å²) in [7, 11) is -6.50. The predicted octanol–water partition coefficient (Wildman–Crippen LogP) is 4.05. The first-order valence-electron chi connectivity index (χ1n) is 6.97. The van der Waals surface area contributed by atoms with Crippen LogP contribution in [0.1, 0.15) is 11.1 Å². The highest BCUT2D eigenvalue weighted by atomic mass is 32.2. The number of benzene rings is 1. The third-order valence-electron chi connectivity index (χ3n) is 3.03. The lowest BCUT2D eigenvalue weighted by Gasteiger charge is -2.24. The molecule has 0 unspecified atom stereocenters. The molecular weight excluding hydrogens is 488 g/mol. The third-order valence-corrected chi connectivity index (χ3v) is 4.50. The van der Waals surface area contributed by atoms with Crippen molar-refractivity contribution in [1.82, 2.24) is 0 Å². The Bertz CT molecular complexity index is 803. The van der Waals surface area contributed by atoms with Gasteiger partial charge >= 0.3 is 32.8 Å². The zero-order valence-electron chi connectivity index (χ0n) is 13.9. The van der Waals surface area contributed by atoms with Gasteiger partial charge in [-0.05, 0) is 11.1 Å². The van der Waals surface area contributed by atoms with Gasteiger partial charge in [0.2, 0.25) is 0 Å². The largest absolute Gasteiger partial charge is 0.459 e. The fourth-order valence-corrected chi connectivity index (χ4v) is 2.14. The van der Waals surface area contributed by atoms with Crippen molar-refractivity contribution in [2.45, 2.75) is 35.9 Å². The van der Waals surface area contributed by atoms with Gasteiger partial charge in [-0.3, -0.25) is 4.55 Å². The summed E-state index contributed by atoms with van der Waals surface area (Å²) in [4.78, 5) is 0. The molecule has 0 aliphatic rings. The molecule has 1 aromatic carbocycles. The second-order valence-electron chi connectivity index (χ2n) is 5.16.